The lowest BCUT2D eigenvalue weighted by atomic mass is 10.0. The number of halogens is 1. The number of nitrogens with two attached hydrogens (primary N) is 1. The number of piperidine rings is 1. The van der Waals surface area contributed by atoms with E-state index in [4.69, 9.17) is 17.3 Å². The Hall–Kier alpha value is -1.26. The molecule has 2 saturated heterocycles. The quantitative estimate of drug-likeness (QED) is 0.855. The van der Waals surface area contributed by atoms with Crippen molar-refractivity contribution in [3.8, 4) is 0 Å². The summed E-state index contributed by atoms with van der Waals surface area (Å²) >= 11 is 6.00. The van der Waals surface area contributed by atoms with Gasteiger partial charge in [-0.25, -0.2) is 0 Å². The maximum Gasteiger partial charge on any atom is 0.255 e. The maximum absolute atomic E-state index is 12.6. The second-order valence-corrected chi connectivity index (χ2v) is 6.37. The number of carbonyl (C=O) groups excluding carboxylic acids is 1. The summed E-state index contributed by atoms with van der Waals surface area (Å²) in [6.07, 6.45) is 4.76. The summed E-state index contributed by atoms with van der Waals surface area (Å²) in [5.41, 5.74) is 6.85. The van der Waals surface area contributed by atoms with Gasteiger partial charge in [0.05, 0.1) is 16.3 Å². The number of rotatable bonds is 2. The molecule has 1 amide bonds. The average Bonchev–Trinajstić information content (AvgIpc) is 3.04. The first-order chi connectivity index (χ1) is 10.2. The van der Waals surface area contributed by atoms with Gasteiger partial charge < -0.3 is 15.5 Å². The van der Waals surface area contributed by atoms with E-state index in [1.807, 2.05) is 4.90 Å². The highest BCUT2D eigenvalue weighted by atomic mass is 35.5. The third-order valence-electron chi connectivity index (χ3n) is 4.69. The van der Waals surface area contributed by atoms with Gasteiger partial charge in [-0.05, 0) is 50.9 Å². The largest absolute Gasteiger partial charge is 0.397 e. The van der Waals surface area contributed by atoms with Crippen molar-refractivity contribution in [2.24, 2.45) is 0 Å². The molecule has 2 N–H and O–H groups in total. The normalized spacial score (nSPS) is 20.9. The van der Waals surface area contributed by atoms with Gasteiger partial charge in [0, 0.05) is 19.1 Å². The van der Waals surface area contributed by atoms with E-state index in [0.717, 1.165) is 25.9 Å². The smallest absolute Gasteiger partial charge is 0.255 e. The molecule has 2 fully saturated rings. The van der Waals surface area contributed by atoms with Crippen LogP contribution in [0.2, 0.25) is 5.02 Å². The molecule has 0 saturated carbocycles. The van der Waals surface area contributed by atoms with Gasteiger partial charge in [-0.3, -0.25) is 4.79 Å². The predicted molar refractivity (Wildman–Crippen MR) is 85.6 cm³/mol. The van der Waals surface area contributed by atoms with Crippen molar-refractivity contribution in [3.05, 3.63) is 28.8 Å². The number of nitrogens with zero attached hydrogens (tertiary/aromatic N) is 2. The van der Waals surface area contributed by atoms with Crippen LogP contribution >= 0.6 is 11.6 Å². The molecule has 0 bridgehead atoms. The summed E-state index contributed by atoms with van der Waals surface area (Å²) in [6, 6.07) is 5.90. The second-order valence-electron chi connectivity index (χ2n) is 5.97. The fourth-order valence-corrected chi connectivity index (χ4v) is 3.61. The van der Waals surface area contributed by atoms with Crippen molar-refractivity contribution in [1.29, 1.82) is 0 Å². The number of nitrogen functional groups attached to an aromatic ring is 1. The SMILES string of the molecule is Nc1c(Cl)cccc1C(=O)N1CCC(N2CCCC2)CC1. The van der Waals surface area contributed by atoms with Crippen LogP contribution in [0.1, 0.15) is 36.0 Å². The zero-order chi connectivity index (χ0) is 14.8. The highest BCUT2D eigenvalue weighted by Gasteiger charge is 2.29. The number of carbonyl (C=O) groups is 1. The molecule has 5 heteroatoms. The maximum atomic E-state index is 12.6. The molecule has 1 aromatic carbocycles. The van der Waals surface area contributed by atoms with Gasteiger partial charge in [0.2, 0.25) is 0 Å². The molecule has 2 aliphatic heterocycles. The summed E-state index contributed by atoms with van der Waals surface area (Å²) in [5.74, 6) is 0.00914. The Morgan fingerprint density at radius 3 is 2.48 bits per heavy atom. The van der Waals surface area contributed by atoms with Crippen molar-refractivity contribution in [2.45, 2.75) is 31.7 Å². The van der Waals surface area contributed by atoms with E-state index in [9.17, 15) is 4.79 Å². The lowest BCUT2D eigenvalue weighted by Gasteiger charge is -2.36. The standard InChI is InChI=1S/C16H22ClN3O/c17-14-5-3-4-13(15(14)18)16(21)20-10-6-12(7-11-20)19-8-1-2-9-19/h3-5,12H,1-2,6-11,18H2. The first-order valence-electron chi connectivity index (χ1n) is 7.74. The molecule has 0 atom stereocenters. The van der Waals surface area contributed by atoms with Crippen LogP contribution in [0.3, 0.4) is 0 Å². The van der Waals surface area contributed by atoms with E-state index in [0.29, 0.717) is 22.3 Å². The average molecular weight is 308 g/mol. The molecule has 4 nitrogen and oxygen atoms in total. The summed E-state index contributed by atoms with van der Waals surface area (Å²) in [7, 11) is 0. The Kier molecular flexibility index (Phi) is 4.36. The molecule has 3 rings (SSSR count). The number of para-hydroxylation sites is 1. The summed E-state index contributed by atoms with van der Waals surface area (Å²) in [6.45, 7) is 4.07. The van der Waals surface area contributed by atoms with E-state index in [1.165, 1.54) is 25.9 Å². The van der Waals surface area contributed by atoms with Crippen molar-refractivity contribution in [2.75, 3.05) is 31.9 Å². The summed E-state index contributed by atoms with van der Waals surface area (Å²) in [5, 5.41) is 0.452. The number of hydrogen-bond acceptors (Lipinski definition) is 3. The molecule has 0 aromatic heterocycles. The molecular formula is C16H22ClN3O. The number of benzene rings is 1. The molecule has 0 radical (unpaired) electrons. The van der Waals surface area contributed by atoms with Crippen LogP contribution in [-0.4, -0.2) is 47.9 Å². The molecule has 21 heavy (non-hydrogen) atoms. The van der Waals surface area contributed by atoms with Gasteiger partial charge in [-0.2, -0.15) is 0 Å². The van der Waals surface area contributed by atoms with Gasteiger partial charge in [-0.15, -0.1) is 0 Å². The highest BCUT2D eigenvalue weighted by Crippen LogP contribution is 2.26. The number of amides is 1. The third kappa shape index (κ3) is 3.01. The fourth-order valence-electron chi connectivity index (χ4n) is 3.43. The number of hydrogen-bond donors (Lipinski definition) is 1. The van der Waals surface area contributed by atoms with Crippen LogP contribution in [0.25, 0.3) is 0 Å². The minimum atomic E-state index is 0.00914. The third-order valence-corrected chi connectivity index (χ3v) is 5.02. The Morgan fingerprint density at radius 2 is 1.81 bits per heavy atom. The molecule has 0 spiro atoms. The van der Waals surface area contributed by atoms with Gasteiger partial charge >= 0.3 is 0 Å². The monoisotopic (exact) mass is 307 g/mol. The van der Waals surface area contributed by atoms with Crippen molar-refractivity contribution in [3.63, 3.8) is 0 Å². The Bertz CT molecular complexity index is 520. The number of anilines is 1. The molecular weight excluding hydrogens is 286 g/mol. The van der Waals surface area contributed by atoms with Gasteiger partial charge in [0.25, 0.3) is 5.91 Å². The first kappa shape index (κ1) is 14.7. The Balaban J connectivity index is 1.63. The van der Waals surface area contributed by atoms with Crippen LogP contribution in [0, 0.1) is 0 Å². The zero-order valence-corrected chi connectivity index (χ0v) is 13.0. The van der Waals surface area contributed by atoms with E-state index in [1.54, 1.807) is 18.2 Å². The van der Waals surface area contributed by atoms with Crippen LogP contribution in [0.4, 0.5) is 5.69 Å². The van der Waals surface area contributed by atoms with Crippen LogP contribution in [-0.2, 0) is 0 Å². The van der Waals surface area contributed by atoms with Crippen molar-refractivity contribution in [1.82, 2.24) is 9.80 Å². The van der Waals surface area contributed by atoms with Crippen LogP contribution < -0.4 is 5.73 Å². The topological polar surface area (TPSA) is 49.6 Å². The first-order valence-corrected chi connectivity index (χ1v) is 8.12. The molecule has 1 aromatic rings. The highest BCUT2D eigenvalue weighted by molar-refractivity contribution is 6.33. The van der Waals surface area contributed by atoms with E-state index in [-0.39, 0.29) is 5.91 Å². The summed E-state index contributed by atoms with van der Waals surface area (Å²) < 4.78 is 0. The van der Waals surface area contributed by atoms with Gasteiger partial charge in [0.1, 0.15) is 0 Å². The van der Waals surface area contributed by atoms with E-state index >= 15 is 0 Å². The molecule has 2 aliphatic rings. The second kappa shape index (κ2) is 6.24. The molecule has 114 valence electrons. The lowest BCUT2D eigenvalue weighted by molar-refractivity contribution is 0.0645. The van der Waals surface area contributed by atoms with Crippen LogP contribution in [0.5, 0.6) is 0 Å². The van der Waals surface area contributed by atoms with Gasteiger partial charge in [-0.1, -0.05) is 17.7 Å². The van der Waals surface area contributed by atoms with E-state index in [2.05, 4.69) is 4.90 Å². The van der Waals surface area contributed by atoms with E-state index < -0.39 is 0 Å². The zero-order valence-electron chi connectivity index (χ0n) is 12.2. The minimum Gasteiger partial charge on any atom is -0.397 e. The molecule has 0 aliphatic carbocycles. The Labute approximate surface area is 130 Å². The van der Waals surface area contributed by atoms with Gasteiger partial charge in [0.15, 0.2) is 0 Å². The van der Waals surface area contributed by atoms with Crippen molar-refractivity contribution >= 4 is 23.2 Å². The predicted octanol–water partition coefficient (Wildman–Crippen LogP) is 2.62. The lowest BCUT2D eigenvalue weighted by Crippen LogP contribution is -2.46. The fraction of sp³-hybridized carbons (Fsp3) is 0.562. The molecule has 0 unspecified atom stereocenters. The minimum absolute atomic E-state index is 0.00914. The summed E-state index contributed by atoms with van der Waals surface area (Å²) in [4.78, 5) is 17.1. The Morgan fingerprint density at radius 1 is 1.14 bits per heavy atom. The van der Waals surface area contributed by atoms with Crippen LogP contribution in [0.15, 0.2) is 18.2 Å². The number of likely N-dealkylation sites (tertiary alicyclic amines) is 2. The van der Waals surface area contributed by atoms with Crippen molar-refractivity contribution < 1.29 is 4.79 Å². The molecule has 2 heterocycles.